The van der Waals surface area contributed by atoms with Crippen LogP contribution in [0.4, 0.5) is 23.2 Å². The fourth-order valence-corrected chi connectivity index (χ4v) is 2.71. The predicted molar refractivity (Wildman–Crippen MR) is 74.9 cm³/mol. The summed E-state index contributed by atoms with van der Waals surface area (Å²) in [6.07, 6.45) is -3.70. The van der Waals surface area contributed by atoms with Gasteiger partial charge >= 0.3 is 6.18 Å². The molecule has 0 saturated carbocycles. The van der Waals surface area contributed by atoms with E-state index in [2.05, 4.69) is 19.2 Å². The normalized spacial score (nSPS) is 20.1. The van der Waals surface area contributed by atoms with E-state index in [1.54, 1.807) is 0 Å². The molecule has 2 rings (SSSR count). The summed E-state index contributed by atoms with van der Waals surface area (Å²) >= 11 is 0. The van der Waals surface area contributed by atoms with Crippen molar-refractivity contribution < 1.29 is 17.6 Å². The second-order valence-corrected chi connectivity index (χ2v) is 5.89. The van der Waals surface area contributed by atoms with Gasteiger partial charge in [0.1, 0.15) is 5.82 Å². The molecule has 1 aromatic rings. The van der Waals surface area contributed by atoms with Crippen molar-refractivity contribution in [2.24, 2.45) is 5.92 Å². The number of alkyl halides is 3. The Morgan fingerprint density at radius 1 is 1.33 bits per heavy atom. The molecule has 1 fully saturated rings. The third-order valence-corrected chi connectivity index (χ3v) is 3.63. The van der Waals surface area contributed by atoms with Gasteiger partial charge in [-0.1, -0.05) is 13.8 Å². The molecule has 1 aliphatic heterocycles. The van der Waals surface area contributed by atoms with E-state index in [-0.39, 0.29) is 6.04 Å². The van der Waals surface area contributed by atoms with Gasteiger partial charge in [0.05, 0.1) is 5.56 Å². The molecule has 1 atom stereocenters. The fourth-order valence-electron chi connectivity index (χ4n) is 2.71. The van der Waals surface area contributed by atoms with Crippen molar-refractivity contribution in [1.29, 1.82) is 0 Å². The van der Waals surface area contributed by atoms with Crippen molar-refractivity contribution in [3.05, 3.63) is 29.6 Å². The second kappa shape index (κ2) is 6.22. The Hall–Kier alpha value is -1.30. The van der Waals surface area contributed by atoms with Crippen molar-refractivity contribution in [3.63, 3.8) is 0 Å². The van der Waals surface area contributed by atoms with Crippen LogP contribution in [0.1, 0.15) is 25.8 Å². The number of benzene rings is 1. The molecule has 118 valence electrons. The minimum Gasteiger partial charge on any atom is -0.369 e. The smallest absolute Gasteiger partial charge is 0.369 e. The van der Waals surface area contributed by atoms with Crippen LogP contribution in [0.3, 0.4) is 0 Å². The van der Waals surface area contributed by atoms with Crippen LogP contribution in [0.15, 0.2) is 18.2 Å². The molecular weight excluding hydrogens is 284 g/mol. The maximum atomic E-state index is 13.3. The summed E-state index contributed by atoms with van der Waals surface area (Å²) in [5.74, 6) is -0.707. The Balaban J connectivity index is 2.18. The zero-order chi connectivity index (χ0) is 15.6. The van der Waals surface area contributed by atoms with Crippen LogP contribution < -0.4 is 10.2 Å². The van der Waals surface area contributed by atoms with Gasteiger partial charge in [-0.3, -0.25) is 0 Å². The summed E-state index contributed by atoms with van der Waals surface area (Å²) in [4.78, 5) is 1.89. The van der Waals surface area contributed by atoms with E-state index in [0.29, 0.717) is 24.7 Å². The molecule has 1 heterocycles. The van der Waals surface area contributed by atoms with Gasteiger partial charge in [0.15, 0.2) is 0 Å². The Bertz CT molecular complexity index is 485. The minimum atomic E-state index is -4.66. The summed E-state index contributed by atoms with van der Waals surface area (Å²) < 4.78 is 51.7. The molecule has 0 aromatic heterocycles. The highest BCUT2D eigenvalue weighted by molar-refractivity contribution is 5.50. The van der Waals surface area contributed by atoms with Crippen LogP contribution in [0, 0.1) is 11.7 Å². The number of hydrogen-bond acceptors (Lipinski definition) is 2. The number of halogens is 4. The first-order valence-electron chi connectivity index (χ1n) is 7.12. The molecule has 0 bridgehead atoms. The van der Waals surface area contributed by atoms with Crippen molar-refractivity contribution in [3.8, 4) is 0 Å². The Labute approximate surface area is 122 Å². The maximum absolute atomic E-state index is 13.3. The zero-order valence-corrected chi connectivity index (χ0v) is 12.2. The molecule has 0 aliphatic carbocycles. The van der Waals surface area contributed by atoms with Gasteiger partial charge in [0.2, 0.25) is 0 Å². The van der Waals surface area contributed by atoms with Crippen LogP contribution in [-0.2, 0) is 6.18 Å². The number of piperazine rings is 1. The number of anilines is 1. The zero-order valence-electron chi connectivity index (χ0n) is 12.2. The Morgan fingerprint density at radius 2 is 2.05 bits per heavy atom. The number of nitrogens with one attached hydrogen (secondary N) is 1. The van der Waals surface area contributed by atoms with Crippen LogP contribution in [-0.4, -0.2) is 25.7 Å². The van der Waals surface area contributed by atoms with Gasteiger partial charge in [-0.2, -0.15) is 13.2 Å². The topological polar surface area (TPSA) is 15.3 Å². The summed E-state index contributed by atoms with van der Waals surface area (Å²) in [7, 11) is 0. The molecule has 2 nitrogen and oxygen atoms in total. The van der Waals surface area contributed by atoms with Crippen molar-refractivity contribution in [2.45, 2.75) is 32.5 Å². The number of hydrogen-bond donors (Lipinski definition) is 1. The van der Waals surface area contributed by atoms with Gasteiger partial charge in [0, 0.05) is 31.4 Å². The molecule has 1 unspecified atom stereocenters. The third-order valence-electron chi connectivity index (χ3n) is 3.63. The van der Waals surface area contributed by atoms with Crippen LogP contribution in [0.5, 0.6) is 0 Å². The average molecular weight is 304 g/mol. The first kappa shape index (κ1) is 16.1. The van der Waals surface area contributed by atoms with Crippen molar-refractivity contribution >= 4 is 5.69 Å². The highest BCUT2D eigenvalue weighted by Gasteiger charge is 2.35. The van der Waals surface area contributed by atoms with Gasteiger partial charge in [-0.05, 0) is 30.5 Å². The lowest BCUT2D eigenvalue weighted by atomic mass is 10.0. The van der Waals surface area contributed by atoms with E-state index in [9.17, 15) is 17.6 Å². The lowest BCUT2D eigenvalue weighted by Gasteiger charge is -2.36. The molecule has 21 heavy (non-hydrogen) atoms. The number of rotatable bonds is 3. The van der Waals surface area contributed by atoms with Gasteiger partial charge in [0.25, 0.3) is 0 Å². The minimum absolute atomic E-state index is 0.248. The Morgan fingerprint density at radius 3 is 2.67 bits per heavy atom. The van der Waals surface area contributed by atoms with Gasteiger partial charge in [-0.15, -0.1) is 0 Å². The van der Waals surface area contributed by atoms with E-state index in [0.717, 1.165) is 25.1 Å². The molecule has 0 spiro atoms. The van der Waals surface area contributed by atoms with Gasteiger partial charge < -0.3 is 10.2 Å². The molecule has 6 heteroatoms. The van der Waals surface area contributed by atoms with Gasteiger partial charge in [-0.25, -0.2) is 4.39 Å². The molecule has 1 N–H and O–H groups in total. The highest BCUT2D eigenvalue weighted by atomic mass is 19.4. The molecule has 1 saturated heterocycles. The summed E-state index contributed by atoms with van der Waals surface area (Å²) in [6.45, 7) is 6.20. The first-order chi connectivity index (χ1) is 9.77. The third kappa shape index (κ3) is 4.09. The average Bonchev–Trinajstić information content (AvgIpc) is 2.37. The largest absolute Gasteiger partial charge is 0.419 e. The quantitative estimate of drug-likeness (QED) is 0.857. The van der Waals surface area contributed by atoms with Crippen molar-refractivity contribution in [1.82, 2.24) is 5.32 Å². The maximum Gasteiger partial charge on any atom is 0.419 e. The number of nitrogens with zero attached hydrogens (tertiary/aromatic N) is 1. The van der Waals surface area contributed by atoms with E-state index >= 15 is 0 Å². The standard InChI is InChI=1S/C15H20F4N2/c1-10(2)7-11-9-21(6-5-20-11)12-3-4-14(16)13(8-12)15(17,18)19/h3-4,8,10-11,20H,5-7,9H2,1-2H3. The monoisotopic (exact) mass is 304 g/mol. The molecule has 0 amide bonds. The second-order valence-electron chi connectivity index (χ2n) is 5.89. The first-order valence-corrected chi connectivity index (χ1v) is 7.12. The summed E-state index contributed by atoms with van der Waals surface area (Å²) in [5, 5.41) is 3.37. The Kier molecular flexibility index (Phi) is 4.76. The lowest BCUT2D eigenvalue weighted by molar-refractivity contribution is -0.139. The van der Waals surface area contributed by atoms with E-state index in [1.165, 1.54) is 6.07 Å². The van der Waals surface area contributed by atoms with E-state index < -0.39 is 17.6 Å². The molecular formula is C15H20F4N2. The summed E-state index contributed by atoms with van der Waals surface area (Å²) in [5.41, 5.74) is -0.766. The predicted octanol–water partition coefficient (Wildman–Crippen LogP) is 3.67. The molecule has 1 aromatic carbocycles. The SMILES string of the molecule is CC(C)CC1CN(c2ccc(F)c(C(F)(F)F)c2)CCN1. The van der Waals surface area contributed by atoms with E-state index in [1.807, 2.05) is 4.90 Å². The highest BCUT2D eigenvalue weighted by Crippen LogP contribution is 2.34. The van der Waals surface area contributed by atoms with Crippen LogP contribution >= 0.6 is 0 Å². The molecule has 1 aliphatic rings. The van der Waals surface area contributed by atoms with E-state index in [4.69, 9.17) is 0 Å². The summed E-state index contributed by atoms with van der Waals surface area (Å²) in [6, 6.07) is 3.48. The van der Waals surface area contributed by atoms with Crippen molar-refractivity contribution in [2.75, 3.05) is 24.5 Å². The lowest BCUT2D eigenvalue weighted by Crippen LogP contribution is -2.51. The molecule has 0 radical (unpaired) electrons. The van der Waals surface area contributed by atoms with Crippen LogP contribution in [0.25, 0.3) is 0 Å². The fraction of sp³-hybridized carbons (Fsp3) is 0.600. The van der Waals surface area contributed by atoms with Crippen LogP contribution in [0.2, 0.25) is 0 Å².